The highest BCUT2D eigenvalue weighted by Crippen LogP contribution is 2.38. The molecule has 0 radical (unpaired) electrons. The molecule has 0 spiro atoms. The van der Waals surface area contributed by atoms with E-state index in [9.17, 15) is 8.42 Å². The molecule has 0 amide bonds. The van der Waals surface area contributed by atoms with Crippen LogP contribution in [0.4, 0.5) is 0 Å². The average Bonchev–Trinajstić information content (AvgIpc) is 2.95. The van der Waals surface area contributed by atoms with Gasteiger partial charge in [-0.3, -0.25) is 0 Å². The SMILES string of the molecule is CC(C)(C)c1ccc2c(c1)C(c1ccsc1)NS2(=O)=O. The summed E-state index contributed by atoms with van der Waals surface area (Å²) in [4.78, 5) is 0.404. The second-order valence-corrected chi connectivity index (χ2v) is 8.58. The topological polar surface area (TPSA) is 46.2 Å². The maximum absolute atomic E-state index is 12.2. The molecule has 106 valence electrons. The van der Waals surface area contributed by atoms with Gasteiger partial charge in [0.2, 0.25) is 10.0 Å². The second kappa shape index (κ2) is 4.41. The summed E-state index contributed by atoms with van der Waals surface area (Å²) in [6, 6.07) is 7.37. The van der Waals surface area contributed by atoms with Gasteiger partial charge >= 0.3 is 0 Å². The highest BCUT2D eigenvalue weighted by atomic mass is 32.2. The monoisotopic (exact) mass is 307 g/mol. The van der Waals surface area contributed by atoms with Crippen molar-refractivity contribution < 1.29 is 8.42 Å². The van der Waals surface area contributed by atoms with E-state index >= 15 is 0 Å². The molecular weight excluding hydrogens is 290 g/mol. The van der Waals surface area contributed by atoms with Crippen molar-refractivity contribution >= 4 is 21.4 Å². The molecule has 1 atom stereocenters. The van der Waals surface area contributed by atoms with Gasteiger partial charge in [0, 0.05) is 0 Å². The lowest BCUT2D eigenvalue weighted by atomic mass is 9.85. The van der Waals surface area contributed by atoms with Crippen molar-refractivity contribution in [1.29, 1.82) is 0 Å². The van der Waals surface area contributed by atoms with Gasteiger partial charge in [0.1, 0.15) is 0 Å². The minimum Gasteiger partial charge on any atom is -0.207 e. The van der Waals surface area contributed by atoms with E-state index in [0.29, 0.717) is 4.90 Å². The van der Waals surface area contributed by atoms with Crippen LogP contribution in [0.1, 0.15) is 43.5 Å². The smallest absolute Gasteiger partial charge is 0.207 e. The van der Waals surface area contributed by atoms with Gasteiger partial charge in [0.15, 0.2) is 0 Å². The lowest BCUT2D eigenvalue weighted by molar-refractivity contribution is 0.585. The van der Waals surface area contributed by atoms with E-state index < -0.39 is 10.0 Å². The molecular formula is C15H17NO2S2. The summed E-state index contributed by atoms with van der Waals surface area (Å²) in [7, 11) is -3.39. The van der Waals surface area contributed by atoms with Gasteiger partial charge in [-0.2, -0.15) is 16.1 Å². The maximum Gasteiger partial charge on any atom is 0.241 e. The predicted octanol–water partition coefficient (Wildman–Crippen LogP) is 3.43. The Morgan fingerprint density at radius 3 is 2.55 bits per heavy atom. The molecule has 1 aliphatic rings. The van der Waals surface area contributed by atoms with Gasteiger partial charge in [0.25, 0.3) is 0 Å². The fourth-order valence-corrected chi connectivity index (χ4v) is 4.57. The zero-order valence-corrected chi connectivity index (χ0v) is 13.3. The third-order valence-electron chi connectivity index (χ3n) is 3.63. The summed E-state index contributed by atoms with van der Waals surface area (Å²) in [6.07, 6.45) is 0. The first kappa shape index (κ1) is 13.8. The Balaban J connectivity index is 2.19. The fourth-order valence-electron chi connectivity index (χ4n) is 2.45. The van der Waals surface area contributed by atoms with E-state index in [1.807, 2.05) is 29.0 Å². The van der Waals surface area contributed by atoms with Crippen LogP contribution in [0.3, 0.4) is 0 Å². The standard InChI is InChI=1S/C15H17NO2S2/c1-15(2,3)11-4-5-13-12(8-11)14(16-20(13,17)18)10-6-7-19-9-10/h4-9,14,16H,1-3H3. The Kier molecular flexibility index (Phi) is 3.04. The third-order valence-corrected chi connectivity index (χ3v) is 5.82. The molecule has 5 heteroatoms. The first-order chi connectivity index (χ1) is 9.29. The fraction of sp³-hybridized carbons (Fsp3) is 0.333. The molecule has 1 aromatic heterocycles. The largest absolute Gasteiger partial charge is 0.241 e. The number of hydrogen-bond acceptors (Lipinski definition) is 3. The molecule has 20 heavy (non-hydrogen) atoms. The highest BCUT2D eigenvalue weighted by Gasteiger charge is 2.35. The summed E-state index contributed by atoms with van der Waals surface area (Å²) >= 11 is 1.58. The summed E-state index contributed by atoms with van der Waals surface area (Å²) in [5.74, 6) is 0. The molecule has 2 aromatic rings. The average molecular weight is 307 g/mol. The number of thiophene rings is 1. The lowest BCUT2D eigenvalue weighted by Gasteiger charge is -2.20. The van der Waals surface area contributed by atoms with Crippen LogP contribution in [-0.4, -0.2) is 8.42 Å². The number of fused-ring (bicyclic) bond motifs is 1. The van der Waals surface area contributed by atoms with Crippen LogP contribution >= 0.6 is 11.3 Å². The molecule has 0 bridgehead atoms. The minimum atomic E-state index is -3.39. The molecule has 1 unspecified atom stereocenters. The number of rotatable bonds is 1. The molecule has 1 N–H and O–H groups in total. The van der Waals surface area contributed by atoms with Crippen molar-refractivity contribution in [3.8, 4) is 0 Å². The number of benzene rings is 1. The van der Waals surface area contributed by atoms with Gasteiger partial charge in [-0.05, 0) is 45.0 Å². The maximum atomic E-state index is 12.2. The Morgan fingerprint density at radius 1 is 1.20 bits per heavy atom. The Hall–Kier alpha value is -1.17. The van der Waals surface area contributed by atoms with Crippen LogP contribution in [-0.2, 0) is 15.4 Å². The molecule has 1 aromatic carbocycles. The van der Waals surface area contributed by atoms with E-state index in [4.69, 9.17) is 0 Å². The van der Waals surface area contributed by atoms with Gasteiger partial charge in [-0.25, -0.2) is 8.42 Å². The van der Waals surface area contributed by atoms with E-state index in [1.165, 1.54) is 0 Å². The van der Waals surface area contributed by atoms with E-state index in [2.05, 4.69) is 25.5 Å². The van der Waals surface area contributed by atoms with Crippen molar-refractivity contribution in [2.75, 3.05) is 0 Å². The zero-order chi connectivity index (χ0) is 14.5. The number of sulfonamides is 1. The molecule has 0 saturated carbocycles. The Labute approximate surface area is 123 Å². The normalized spacial score (nSPS) is 20.9. The number of nitrogens with one attached hydrogen (secondary N) is 1. The molecule has 3 nitrogen and oxygen atoms in total. The van der Waals surface area contributed by atoms with Crippen molar-refractivity contribution in [3.05, 3.63) is 51.7 Å². The summed E-state index contributed by atoms with van der Waals surface area (Å²) in [6.45, 7) is 6.39. The molecule has 0 saturated heterocycles. The van der Waals surface area contributed by atoms with Crippen molar-refractivity contribution in [1.82, 2.24) is 4.72 Å². The molecule has 2 heterocycles. The van der Waals surface area contributed by atoms with E-state index in [1.54, 1.807) is 17.4 Å². The molecule has 3 rings (SSSR count). The van der Waals surface area contributed by atoms with Crippen LogP contribution in [0.25, 0.3) is 0 Å². The van der Waals surface area contributed by atoms with Gasteiger partial charge < -0.3 is 0 Å². The third kappa shape index (κ3) is 2.20. The zero-order valence-electron chi connectivity index (χ0n) is 11.7. The lowest BCUT2D eigenvalue weighted by Crippen LogP contribution is -2.20. The summed E-state index contributed by atoms with van der Waals surface area (Å²) < 4.78 is 27.2. The first-order valence-corrected chi connectivity index (χ1v) is 8.90. The first-order valence-electron chi connectivity index (χ1n) is 6.48. The summed E-state index contributed by atoms with van der Waals surface area (Å²) in [5, 5.41) is 3.96. The van der Waals surface area contributed by atoms with Crippen LogP contribution in [0, 0.1) is 0 Å². The van der Waals surface area contributed by atoms with Crippen molar-refractivity contribution in [2.24, 2.45) is 0 Å². The predicted molar refractivity (Wildman–Crippen MR) is 81.6 cm³/mol. The van der Waals surface area contributed by atoms with Crippen LogP contribution in [0.5, 0.6) is 0 Å². The van der Waals surface area contributed by atoms with Crippen LogP contribution in [0.2, 0.25) is 0 Å². The highest BCUT2D eigenvalue weighted by molar-refractivity contribution is 7.89. The minimum absolute atomic E-state index is 0.000574. The molecule has 0 fully saturated rings. The quantitative estimate of drug-likeness (QED) is 0.877. The van der Waals surface area contributed by atoms with Crippen LogP contribution < -0.4 is 4.72 Å². The van der Waals surface area contributed by atoms with Gasteiger partial charge in [0.05, 0.1) is 10.9 Å². The molecule has 1 aliphatic heterocycles. The van der Waals surface area contributed by atoms with Gasteiger partial charge in [-0.1, -0.05) is 32.9 Å². The van der Waals surface area contributed by atoms with Crippen LogP contribution in [0.15, 0.2) is 39.9 Å². The second-order valence-electron chi connectivity index (χ2n) is 6.11. The van der Waals surface area contributed by atoms with E-state index in [-0.39, 0.29) is 11.5 Å². The Bertz CT molecular complexity index is 741. The van der Waals surface area contributed by atoms with E-state index in [0.717, 1.165) is 16.7 Å². The summed E-state index contributed by atoms with van der Waals surface area (Å²) in [5.41, 5.74) is 3.01. The van der Waals surface area contributed by atoms with Crippen molar-refractivity contribution in [2.45, 2.75) is 37.1 Å². The van der Waals surface area contributed by atoms with Gasteiger partial charge in [-0.15, -0.1) is 0 Å². The van der Waals surface area contributed by atoms with Crippen molar-refractivity contribution in [3.63, 3.8) is 0 Å². The molecule has 0 aliphatic carbocycles. The number of hydrogen-bond donors (Lipinski definition) is 1. The Morgan fingerprint density at radius 2 is 1.95 bits per heavy atom.